The second-order valence-electron chi connectivity index (χ2n) is 9.38. The van der Waals surface area contributed by atoms with Gasteiger partial charge in [0.2, 0.25) is 0 Å². The number of nitrogens with one attached hydrogen (secondary N) is 1. The lowest BCUT2D eigenvalue weighted by Crippen LogP contribution is -2.50. The van der Waals surface area contributed by atoms with Crippen LogP contribution < -0.4 is 5.32 Å². The number of rotatable bonds is 1. The summed E-state index contributed by atoms with van der Waals surface area (Å²) >= 11 is 0. The smallest absolute Gasteiger partial charge is 0.0656 e. The minimum absolute atomic E-state index is 0.278. The van der Waals surface area contributed by atoms with E-state index in [4.69, 9.17) is 4.74 Å². The van der Waals surface area contributed by atoms with E-state index in [1.54, 1.807) is 11.1 Å². The van der Waals surface area contributed by atoms with Crippen molar-refractivity contribution in [2.24, 2.45) is 0 Å². The molecule has 130 valence electrons. The number of hydrogen-bond donors (Lipinski definition) is 1. The Labute approximate surface area is 146 Å². The Hall–Kier alpha value is -1.12. The summed E-state index contributed by atoms with van der Waals surface area (Å²) in [5, 5.41) is 3.66. The zero-order valence-corrected chi connectivity index (χ0v) is 15.8. The molecule has 1 aliphatic carbocycles. The van der Waals surface area contributed by atoms with E-state index in [2.05, 4.69) is 58.1 Å². The van der Waals surface area contributed by atoms with Crippen molar-refractivity contribution in [3.63, 3.8) is 0 Å². The molecule has 4 rings (SSSR count). The van der Waals surface area contributed by atoms with Crippen LogP contribution in [-0.4, -0.2) is 25.3 Å². The quantitative estimate of drug-likeness (QED) is 0.821. The van der Waals surface area contributed by atoms with Gasteiger partial charge in [0.25, 0.3) is 0 Å². The maximum atomic E-state index is 5.69. The molecule has 2 bridgehead atoms. The Balaban J connectivity index is 1.82. The summed E-state index contributed by atoms with van der Waals surface area (Å²) in [5.74, 6) is 0. The molecule has 1 saturated heterocycles. The van der Waals surface area contributed by atoms with Gasteiger partial charge in [-0.15, -0.1) is 0 Å². The van der Waals surface area contributed by atoms with Crippen LogP contribution in [0, 0.1) is 6.92 Å². The van der Waals surface area contributed by atoms with E-state index in [0.29, 0.717) is 17.5 Å². The second-order valence-corrected chi connectivity index (χ2v) is 9.38. The van der Waals surface area contributed by atoms with E-state index >= 15 is 0 Å². The molecule has 1 aromatic carbocycles. The molecule has 2 atom stereocenters. The summed E-state index contributed by atoms with van der Waals surface area (Å²) in [6.45, 7) is 13.6. The number of morpholine rings is 1. The average molecular weight is 325 g/mol. The molecule has 0 aromatic heterocycles. The van der Waals surface area contributed by atoms with E-state index in [-0.39, 0.29) is 5.41 Å². The predicted octanol–water partition coefficient (Wildman–Crippen LogP) is 4.49. The number of fused-ring (bicyclic) bond motifs is 3. The molecule has 1 N–H and O–H groups in total. The summed E-state index contributed by atoms with van der Waals surface area (Å²) < 4.78 is 5.69. The molecular weight excluding hydrogens is 294 g/mol. The van der Waals surface area contributed by atoms with Gasteiger partial charge in [0.15, 0.2) is 0 Å². The van der Waals surface area contributed by atoms with E-state index < -0.39 is 0 Å². The van der Waals surface area contributed by atoms with Crippen LogP contribution in [0.2, 0.25) is 0 Å². The fourth-order valence-electron chi connectivity index (χ4n) is 4.79. The van der Waals surface area contributed by atoms with Crippen LogP contribution in [0.3, 0.4) is 0 Å². The number of hydrogen-bond acceptors (Lipinski definition) is 2. The standard InChI is InChI=1S/C22H31NO/c1-14-8-19-20(22(4,5)7-6-21(19,2)3)11-18(14)15-9-16-12-24-13-17(10-15)23-16/h8-9,11,16-17,23H,6-7,10,12-13H2,1-5H3. The van der Waals surface area contributed by atoms with Crippen LogP contribution in [0.4, 0.5) is 0 Å². The van der Waals surface area contributed by atoms with Crippen molar-refractivity contribution < 1.29 is 4.74 Å². The monoisotopic (exact) mass is 325 g/mol. The van der Waals surface area contributed by atoms with Crippen LogP contribution in [0.1, 0.15) is 69.2 Å². The lowest BCUT2D eigenvalue weighted by molar-refractivity contribution is 0.0561. The highest BCUT2D eigenvalue weighted by Crippen LogP contribution is 2.47. The third-order valence-electron chi connectivity index (χ3n) is 6.48. The Morgan fingerprint density at radius 3 is 2.33 bits per heavy atom. The lowest BCUT2D eigenvalue weighted by Gasteiger charge is -2.43. The summed E-state index contributed by atoms with van der Waals surface area (Å²) in [4.78, 5) is 0. The van der Waals surface area contributed by atoms with E-state index in [9.17, 15) is 0 Å². The van der Waals surface area contributed by atoms with E-state index in [1.807, 2.05) is 0 Å². The van der Waals surface area contributed by atoms with Crippen LogP contribution in [0.5, 0.6) is 0 Å². The van der Waals surface area contributed by atoms with Gasteiger partial charge >= 0.3 is 0 Å². The average Bonchev–Trinajstić information content (AvgIpc) is 2.51. The Morgan fingerprint density at radius 2 is 1.67 bits per heavy atom. The van der Waals surface area contributed by atoms with Crippen molar-refractivity contribution in [2.45, 2.75) is 76.8 Å². The molecular formula is C22H31NO. The molecule has 2 heterocycles. The fourth-order valence-corrected chi connectivity index (χ4v) is 4.79. The first-order valence-electron chi connectivity index (χ1n) is 9.47. The SMILES string of the molecule is Cc1cc2c(cc1C1=CC3COCC(C1)N3)C(C)(C)CCC2(C)C. The van der Waals surface area contributed by atoms with Crippen molar-refractivity contribution in [3.8, 4) is 0 Å². The highest BCUT2D eigenvalue weighted by atomic mass is 16.5. The molecule has 24 heavy (non-hydrogen) atoms. The number of benzene rings is 1. The highest BCUT2D eigenvalue weighted by Gasteiger charge is 2.38. The van der Waals surface area contributed by atoms with Crippen molar-refractivity contribution >= 4 is 5.57 Å². The first kappa shape index (κ1) is 16.4. The molecule has 0 spiro atoms. The topological polar surface area (TPSA) is 21.3 Å². The Morgan fingerprint density at radius 1 is 1.00 bits per heavy atom. The minimum Gasteiger partial charge on any atom is -0.378 e. The maximum Gasteiger partial charge on any atom is 0.0656 e. The van der Waals surface area contributed by atoms with Gasteiger partial charge in [-0.3, -0.25) is 0 Å². The van der Waals surface area contributed by atoms with E-state index in [1.165, 1.54) is 29.5 Å². The first-order valence-corrected chi connectivity index (χ1v) is 9.47. The minimum atomic E-state index is 0.278. The summed E-state index contributed by atoms with van der Waals surface area (Å²) in [6, 6.07) is 5.87. The number of aryl methyl sites for hydroxylation is 1. The molecule has 0 saturated carbocycles. The fraction of sp³-hybridized carbons (Fsp3) is 0.636. The van der Waals surface area contributed by atoms with Crippen LogP contribution in [0.15, 0.2) is 18.2 Å². The molecule has 1 fully saturated rings. The second kappa shape index (κ2) is 5.44. The normalized spacial score (nSPS) is 30.5. The molecule has 2 nitrogen and oxygen atoms in total. The van der Waals surface area contributed by atoms with Gasteiger partial charge in [0, 0.05) is 12.1 Å². The Bertz CT molecular complexity index is 698. The predicted molar refractivity (Wildman–Crippen MR) is 101 cm³/mol. The maximum absolute atomic E-state index is 5.69. The van der Waals surface area contributed by atoms with Gasteiger partial charge in [0.1, 0.15) is 0 Å². The van der Waals surface area contributed by atoms with Gasteiger partial charge in [0.05, 0.1) is 13.2 Å². The first-order chi connectivity index (χ1) is 11.3. The summed E-state index contributed by atoms with van der Waals surface area (Å²) in [7, 11) is 0. The van der Waals surface area contributed by atoms with Gasteiger partial charge in [-0.1, -0.05) is 45.9 Å². The number of ether oxygens (including phenoxy) is 1. The van der Waals surface area contributed by atoms with Gasteiger partial charge < -0.3 is 10.1 Å². The van der Waals surface area contributed by atoms with Crippen molar-refractivity contribution in [3.05, 3.63) is 40.5 Å². The van der Waals surface area contributed by atoms with Crippen LogP contribution >= 0.6 is 0 Å². The third kappa shape index (κ3) is 2.64. The molecule has 2 unspecified atom stereocenters. The molecule has 3 aliphatic rings. The van der Waals surface area contributed by atoms with Crippen molar-refractivity contribution in [1.29, 1.82) is 0 Å². The van der Waals surface area contributed by atoms with Crippen molar-refractivity contribution in [1.82, 2.24) is 5.32 Å². The molecule has 2 aliphatic heterocycles. The molecule has 0 amide bonds. The van der Waals surface area contributed by atoms with E-state index in [0.717, 1.165) is 19.6 Å². The largest absolute Gasteiger partial charge is 0.378 e. The summed E-state index contributed by atoms with van der Waals surface area (Å²) in [6.07, 6.45) is 6.04. The molecule has 0 radical (unpaired) electrons. The van der Waals surface area contributed by atoms with Crippen LogP contribution in [0.25, 0.3) is 5.57 Å². The van der Waals surface area contributed by atoms with Gasteiger partial charge in [-0.05, 0) is 64.8 Å². The zero-order valence-electron chi connectivity index (χ0n) is 15.8. The molecule has 1 aromatic rings. The summed E-state index contributed by atoms with van der Waals surface area (Å²) in [5.41, 5.74) is 8.13. The zero-order chi connectivity index (χ0) is 17.1. The van der Waals surface area contributed by atoms with Gasteiger partial charge in [-0.25, -0.2) is 0 Å². The van der Waals surface area contributed by atoms with Crippen LogP contribution in [-0.2, 0) is 15.6 Å². The van der Waals surface area contributed by atoms with Gasteiger partial charge in [-0.2, -0.15) is 0 Å². The lowest BCUT2D eigenvalue weighted by atomic mass is 9.62. The molecule has 2 heteroatoms. The third-order valence-corrected chi connectivity index (χ3v) is 6.48. The van der Waals surface area contributed by atoms with Crippen molar-refractivity contribution in [2.75, 3.05) is 13.2 Å². The highest BCUT2D eigenvalue weighted by molar-refractivity contribution is 5.72. The Kier molecular flexibility index (Phi) is 3.71.